The number of ether oxygens (including phenoxy) is 2. The SMILES string of the molecule is CC[C@@H](OC[C@H](O)CN1CCC[C@H]1Cc1ccc(C)c(F)c1)c1cccc(OC)c1CCC(=O)O. The van der Waals surface area contributed by atoms with Crippen LogP contribution in [0, 0.1) is 12.7 Å². The summed E-state index contributed by atoms with van der Waals surface area (Å²) in [5.74, 6) is -0.384. The van der Waals surface area contributed by atoms with Gasteiger partial charge in [0.1, 0.15) is 11.6 Å². The van der Waals surface area contributed by atoms with Crippen LogP contribution in [0.5, 0.6) is 5.75 Å². The van der Waals surface area contributed by atoms with E-state index < -0.39 is 12.1 Å². The summed E-state index contributed by atoms with van der Waals surface area (Å²) >= 11 is 0. The fraction of sp³-hybridized carbons (Fsp3) is 0.536. The normalized spacial score (nSPS) is 17.9. The van der Waals surface area contributed by atoms with Crippen LogP contribution in [0.1, 0.15) is 61.0 Å². The number of aryl methyl sites for hydroxylation is 1. The van der Waals surface area contributed by atoms with Crippen LogP contribution < -0.4 is 4.74 Å². The predicted octanol–water partition coefficient (Wildman–Crippen LogP) is 4.70. The third-order valence-corrected chi connectivity index (χ3v) is 6.84. The molecule has 192 valence electrons. The Hall–Kier alpha value is -2.48. The zero-order valence-electron chi connectivity index (χ0n) is 21.0. The van der Waals surface area contributed by atoms with Gasteiger partial charge in [0, 0.05) is 24.6 Å². The molecule has 1 fully saturated rings. The minimum Gasteiger partial charge on any atom is -0.496 e. The molecule has 1 aliphatic rings. The number of carboxylic acid groups (broad SMARTS) is 1. The Kier molecular flexibility index (Phi) is 10.1. The molecular weight excluding hydrogens is 449 g/mol. The summed E-state index contributed by atoms with van der Waals surface area (Å²) < 4.78 is 25.6. The van der Waals surface area contributed by atoms with E-state index in [1.165, 1.54) is 0 Å². The monoisotopic (exact) mass is 487 g/mol. The first kappa shape index (κ1) is 27.1. The van der Waals surface area contributed by atoms with Crippen molar-refractivity contribution in [3.63, 3.8) is 0 Å². The average Bonchev–Trinajstić information content (AvgIpc) is 3.26. The number of hydrogen-bond acceptors (Lipinski definition) is 5. The van der Waals surface area contributed by atoms with Crippen molar-refractivity contribution in [3.05, 3.63) is 64.5 Å². The largest absolute Gasteiger partial charge is 0.496 e. The molecule has 2 aromatic carbocycles. The molecule has 35 heavy (non-hydrogen) atoms. The Bertz CT molecular complexity index is 982. The quantitative estimate of drug-likeness (QED) is 0.427. The number of aliphatic hydroxyl groups excluding tert-OH is 1. The summed E-state index contributed by atoms with van der Waals surface area (Å²) in [5.41, 5.74) is 3.37. The predicted molar refractivity (Wildman–Crippen MR) is 133 cm³/mol. The summed E-state index contributed by atoms with van der Waals surface area (Å²) in [7, 11) is 1.58. The van der Waals surface area contributed by atoms with Crippen LogP contribution in [0.2, 0.25) is 0 Å². The molecule has 0 amide bonds. The van der Waals surface area contributed by atoms with Crippen LogP contribution in [-0.4, -0.2) is 60.0 Å². The first-order valence-corrected chi connectivity index (χ1v) is 12.5. The fourth-order valence-corrected chi connectivity index (χ4v) is 4.96. The lowest BCUT2D eigenvalue weighted by molar-refractivity contribution is -0.136. The summed E-state index contributed by atoms with van der Waals surface area (Å²) in [6.45, 7) is 5.36. The van der Waals surface area contributed by atoms with Crippen molar-refractivity contribution in [2.75, 3.05) is 26.8 Å². The van der Waals surface area contributed by atoms with Crippen molar-refractivity contribution in [3.8, 4) is 5.75 Å². The van der Waals surface area contributed by atoms with Gasteiger partial charge in [-0.15, -0.1) is 0 Å². The smallest absolute Gasteiger partial charge is 0.303 e. The van der Waals surface area contributed by atoms with Crippen LogP contribution in [0.3, 0.4) is 0 Å². The summed E-state index contributed by atoms with van der Waals surface area (Å²) in [6, 6.07) is 11.3. The van der Waals surface area contributed by atoms with Gasteiger partial charge in [-0.25, -0.2) is 4.39 Å². The van der Waals surface area contributed by atoms with Gasteiger partial charge >= 0.3 is 5.97 Å². The third-order valence-electron chi connectivity index (χ3n) is 6.84. The van der Waals surface area contributed by atoms with Gasteiger partial charge < -0.3 is 19.7 Å². The molecule has 0 bridgehead atoms. The Labute approximate surface area is 207 Å². The number of hydrogen-bond donors (Lipinski definition) is 2. The van der Waals surface area contributed by atoms with Crippen molar-refractivity contribution in [1.29, 1.82) is 0 Å². The Morgan fingerprint density at radius 3 is 2.77 bits per heavy atom. The van der Waals surface area contributed by atoms with Gasteiger partial charge in [0.05, 0.1) is 25.9 Å². The highest BCUT2D eigenvalue weighted by Crippen LogP contribution is 2.32. The number of rotatable bonds is 13. The molecule has 0 aromatic heterocycles. The third kappa shape index (κ3) is 7.50. The van der Waals surface area contributed by atoms with E-state index in [0.29, 0.717) is 30.7 Å². The summed E-state index contributed by atoms with van der Waals surface area (Å²) in [4.78, 5) is 13.4. The van der Waals surface area contributed by atoms with Crippen molar-refractivity contribution in [2.24, 2.45) is 0 Å². The molecule has 0 aliphatic carbocycles. The molecule has 2 N–H and O–H groups in total. The molecule has 6 nitrogen and oxygen atoms in total. The number of carboxylic acids is 1. The highest BCUT2D eigenvalue weighted by molar-refractivity contribution is 5.67. The lowest BCUT2D eigenvalue weighted by Crippen LogP contribution is -2.39. The van der Waals surface area contributed by atoms with E-state index in [-0.39, 0.29) is 31.0 Å². The van der Waals surface area contributed by atoms with Crippen LogP contribution in [0.25, 0.3) is 0 Å². The molecule has 2 aromatic rings. The number of nitrogens with zero attached hydrogens (tertiary/aromatic N) is 1. The van der Waals surface area contributed by atoms with Crippen molar-refractivity contribution in [1.82, 2.24) is 4.90 Å². The van der Waals surface area contributed by atoms with Crippen LogP contribution in [0.15, 0.2) is 36.4 Å². The Morgan fingerprint density at radius 1 is 1.29 bits per heavy atom. The number of methoxy groups -OCH3 is 1. The molecule has 1 heterocycles. The van der Waals surface area contributed by atoms with E-state index in [0.717, 1.165) is 42.5 Å². The van der Waals surface area contributed by atoms with Crippen molar-refractivity contribution in [2.45, 2.75) is 70.6 Å². The fourth-order valence-electron chi connectivity index (χ4n) is 4.96. The number of aliphatic carboxylic acids is 1. The van der Waals surface area contributed by atoms with Gasteiger partial charge in [0.15, 0.2) is 0 Å². The Morgan fingerprint density at radius 2 is 2.09 bits per heavy atom. The minimum atomic E-state index is -0.861. The van der Waals surface area contributed by atoms with Crippen LogP contribution in [0.4, 0.5) is 4.39 Å². The maximum Gasteiger partial charge on any atom is 0.303 e. The maximum atomic E-state index is 14.0. The van der Waals surface area contributed by atoms with Gasteiger partial charge in [-0.1, -0.05) is 31.2 Å². The zero-order valence-corrected chi connectivity index (χ0v) is 21.0. The molecule has 3 atom stereocenters. The van der Waals surface area contributed by atoms with Gasteiger partial charge in [-0.2, -0.15) is 0 Å². The molecule has 7 heteroatoms. The van der Waals surface area contributed by atoms with E-state index in [1.54, 1.807) is 20.1 Å². The van der Waals surface area contributed by atoms with Gasteiger partial charge in [-0.3, -0.25) is 9.69 Å². The second-order valence-electron chi connectivity index (χ2n) is 9.38. The highest BCUT2D eigenvalue weighted by Gasteiger charge is 2.27. The number of aliphatic hydroxyl groups is 1. The minimum absolute atomic E-state index is 0.00760. The van der Waals surface area contributed by atoms with E-state index in [1.807, 2.05) is 37.3 Å². The molecule has 0 saturated carbocycles. The maximum absolute atomic E-state index is 14.0. The molecule has 1 saturated heterocycles. The lowest BCUT2D eigenvalue weighted by Gasteiger charge is -2.28. The number of halogens is 1. The lowest BCUT2D eigenvalue weighted by atomic mass is 9.96. The highest BCUT2D eigenvalue weighted by atomic mass is 19.1. The molecule has 3 rings (SSSR count). The second-order valence-corrected chi connectivity index (χ2v) is 9.38. The van der Waals surface area contributed by atoms with Gasteiger partial charge in [0.2, 0.25) is 0 Å². The average molecular weight is 488 g/mol. The summed E-state index contributed by atoms with van der Waals surface area (Å²) in [5, 5.41) is 19.9. The van der Waals surface area contributed by atoms with Gasteiger partial charge in [0.25, 0.3) is 0 Å². The molecule has 0 unspecified atom stereocenters. The molecule has 1 aliphatic heterocycles. The van der Waals surface area contributed by atoms with Gasteiger partial charge in [-0.05, 0) is 74.4 Å². The van der Waals surface area contributed by atoms with E-state index in [4.69, 9.17) is 14.6 Å². The van der Waals surface area contributed by atoms with Crippen molar-refractivity contribution >= 4 is 5.97 Å². The van der Waals surface area contributed by atoms with E-state index >= 15 is 0 Å². The summed E-state index contributed by atoms with van der Waals surface area (Å²) in [6.07, 6.45) is 2.96. The standard InChI is InChI=1S/C28H38FNO5/c1-4-26(23-8-5-9-27(34-3)24(23)12-13-28(32)33)35-18-22(31)17-30-14-6-7-21(30)15-20-11-10-19(2)25(29)16-20/h5,8-11,16,21-22,26,31H,4,6-7,12-15,17-18H2,1-3H3,(H,32,33)/t21-,22+,26+/m0/s1. The number of β-amino-alcohol motifs (C(OH)–C–C–N with tert-alkyl or cyclic N) is 1. The van der Waals surface area contributed by atoms with Crippen LogP contribution >= 0.6 is 0 Å². The second kappa shape index (κ2) is 13.0. The number of carbonyl (C=O) groups is 1. The Balaban J connectivity index is 1.60. The zero-order chi connectivity index (χ0) is 25.4. The van der Waals surface area contributed by atoms with Crippen molar-refractivity contribution < 1.29 is 28.9 Å². The van der Waals surface area contributed by atoms with E-state index in [9.17, 15) is 14.3 Å². The molecule has 0 radical (unpaired) electrons. The van der Waals surface area contributed by atoms with E-state index in [2.05, 4.69) is 4.90 Å². The first-order valence-electron chi connectivity index (χ1n) is 12.5. The number of likely N-dealkylation sites (tertiary alicyclic amines) is 1. The topological polar surface area (TPSA) is 79.2 Å². The number of benzene rings is 2. The van der Waals surface area contributed by atoms with Crippen LogP contribution in [-0.2, 0) is 22.4 Å². The molecule has 0 spiro atoms. The molecular formula is C28H38FNO5. The first-order chi connectivity index (χ1) is 16.8.